The molecule has 7 heteroatoms. The Morgan fingerprint density at radius 2 is 1.82 bits per heavy atom. The fraction of sp³-hybridized carbons (Fsp3) is 0.533. The molecule has 1 N–H and O–H groups in total. The van der Waals surface area contributed by atoms with Gasteiger partial charge in [-0.1, -0.05) is 0 Å². The molecule has 0 radical (unpaired) electrons. The van der Waals surface area contributed by atoms with Gasteiger partial charge in [-0.15, -0.1) is 0 Å². The van der Waals surface area contributed by atoms with Crippen molar-refractivity contribution in [2.45, 2.75) is 12.8 Å². The van der Waals surface area contributed by atoms with Crippen LogP contribution in [0.15, 0.2) is 22.8 Å². The van der Waals surface area contributed by atoms with Crippen molar-refractivity contribution in [2.24, 2.45) is 5.92 Å². The van der Waals surface area contributed by atoms with Crippen molar-refractivity contribution in [1.82, 2.24) is 15.1 Å². The largest absolute Gasteiger partial charge is 0.459 e. The number of hydrogen-bond acceptors (Lipinski definition) is 4. The molecule has 1 aliphatic carbocycles. The van der Waals surface area contributed by atoms with Gasteiger partial charge in [0.2, 0.25) is 11.8 Å². The van der Waals surface area contributed by atoms with Crippen molar-refractivity contribution < 1.29 is 18.8 Å². The van der Waals surface area contributed by atoms with E-state index in [-0.39, 0.29) is 30.2 Å². The van der Waals surface area contributed by atoms with E-state index in [4.69, 9.17) is 4.42 Å². The van der Waals surface area contributed by atoms with E-state index in [0.717, 1.165) is 12.8 Å². The highest BCUT2D eigenvalue weighted by Crippen LogP contribution is 2.28. The molecule has 2 aliphatic rings. The zero-order valence-corrected chi connectivity index (χ0v) is 12.3. The second-order valence-electron chi connectivity index (χ2n) is 5.64. The van der Waals surface area contributed by atoms with Crippen LogP contribution >= 0.6 is 0 Å². The van der Waals surface area contributed by atoms with Gasteiger partial charge in [0.05, 0.1) is 12.8 Å². The van der Waals surface area contributed by atoms with Crippen LogP contribution in [0.2, 0.25) is 0 Å². The van der Waals surface area contributed by atoms with E-state index in [1.807, 2.05) is 0 Å². The summed E-state index contributed by atoms with van der Waals surface area (Å²) < 4.78 is 5.10. The predicted molar refractivity (Wildman–Crippen MR) is 76.9 cm³/mol. The van der Waals surface area contributed by atoms with Gasteiger partial charge < -0.3 is 19.5 Å². The topological polar surface area (TPSA) is 82.9 Å². The smallest absolute Gasteiger partial charge is 0.289 e. The fourth-order valence-corrected chi connectivity index (χ4v) is 2.48. The van der Waals surface area contributed by atoms with Crippen LogP contribution in [0.3, 0.4) is 0 Å². The second-order valence-corrected chi connectivity index (χ2v) is 5.64. The van der Waals surface area contributed by atoms with Crippen LogP contribution in [0, 0.1) is 5.92 Å². The maximum absolute atomic E-state index is 12.1. The highest BCUT2D eigenvalue weighted by molar-refractivity contribution is 5.92. The summed E-state index contributed by atoms with van der Waals surface area (Å²) in [6.45, 7) is 1.94. The van der Waals surface area contributed by atoms with E-state index in [1.54, 1.807) is 21.9 Å². The molecule has 3 amide bonds. The average molecular weight is 305 g/mol. The zero-order valence-electron chi connectivity index (χ0n) is 12.3. The van der Waals surface area contributed by atoms with Gasteiger partial charge in [-0.05, 0) is 25.0 Å². The first kappa shape index (κ1) is 14.6. The zero-order chi connectivity index (χ0) is 15.5. The number of carbonyl (C=O) groups excluding carboxylic acids is 3. The fourth-order valence-electron chi connectivity index (χ4n) is 2.48. The summed E-state index contributed by atoms with van der Waals surface area (Å²) in [5, 5.41) is 2.67. The van der Waals surface area contributed by atoms with Gasteiger partial charge in [-0.25, -0.2) is 0 Å². The summed E-state index contributed by atoms with van der Waals surface area (Å²) in [6.07, 6.45) is 3.32. The molecule has 1 aliphatic heterocycles. The Morgan fingerprint density at radius 3 is 2.41 bits per heavy atom. The van der Waals surface area contributed by atoms with Crippen molar-refractivity contribution in [3.63, 3.8) is 0 Å². The highest BCUT2D eigenvalue weighted by Gasteiger charge is 2.30. The van der Waals surface area contributed by atoms with Gasteiger partial charge in [-0.3, -0.25) is 14.4 Å². The SMILES string of the molecule is O=C(NCC(=O)N1CCN(C(=O)c2ccco2)CC1)C1CC1. The molecule has 2 heterocycles. The van der Waals surface area contributed by atoms with Gasteiger partial charge in [0.1, 0.15) is 0 Å². The van der Waals surface area contributed by atoms with Gasteiger partial charge in [0.25, 0.3) is 5.91 Å². The van der Waals surface area contributed by atoms with E-state index in [0.29, 0.717) is 31.9 Å². The van der Waals surface area contributed by atoms with Crippen LogP contribution in [-0.2, 0) is 9.59 Å². The van der Waals surface area contributed by atoms with Crippen LogP contribution in [0.4, 0.5) is 0 Å². The molecule has 22 heavy (non-hydrogen) atoms. The predicted octanol–water partition coefficient (Wildman–Crippen LogP) is 0.0902. The van der Waals surface area contributed by atoms with Crippen LogP contribution < -0.4 is 5.32 Å². The minimum Gasteiger partial charge on any atom is -0.459 e. The van der Waals surface area contributed by atoms with Crippen molar-refractivity contribution in [3.05, 3.63) is 24.2 Å². The molecular formula is C15H19N3O4. The van der Waals surface area contributed by atoms with Crippen molar-refractivity contribution in [2.75, 3.05) is 32.7 Å². The maximum Gasteiger partial charge on any atom is 0.289 e. The van der Waals surface area contributed by atoms with Gasteiger partial charge in [-0.2, -0.15) is 0 Å². The quantitative estimate of drug-likeness (QED) is 0.854. The molecule has 2 fully saturated rings. The summed E-state index contributed by atoms with van der Waals surface area (Å²) in [5.41, 5.74) is 0. The molecule has 0 bridgehead atoms. The number of amides is 3. The van der Waals surface area contributed by atoms with Crippen LogP contribution in [0.1, 0.15) is 23.4 Å². The normalized spacial score (nSPS) is 18.2. The lowest BCUT2D eigenvalue weighted by Gasteiger charge is -2.34. The molecule has 3 rings (SSSR count). The third-order valence-corrected chi connectivity index (χ3v) is 4.01. The first-order chi connectivity index (χ1) is 10.6. The summed E-state index contributed by atoms with van der Waals surface area (Å²) in [6, 6.07) is 3.31. The number of nitrogens with zero attached hydrogens (tertiary/aromatic N) is 2. The number of piperazine rings is 1. The summed E-state index contributed by atoms with van der Waals surface area (Å²) >= 11 is 0. The van der Waals surface area contributed by atoms with E-state index in [2.05, 4.69) is 5.32 Å². The molecule has 0 atom stereocenters. The Kier molecular flexibility index (Phi) is 4.13. The maximum atomic E-state index is 12.1. The molecule has 1 saturated carbocycles. The van der Waals surface area contributed by atoms with E-state index < -0.39 is 0 Å². The summed E-state index contributed by atoms with van der Waals surface area (Å²) in [5.74, 6) is 0.144. The molecule has 0 spiro atoms. The number of furan rings is 1. The Morgan fingerprint density at radius 1 is 1.14 bits per heavy atom. The minimum absolute atomic E-state index is 0.0278. The number of nitrogens with one attached hydrogen (secondary N) is 1. The van der Waals surface area contributed by atoms with Crippen LogP contribution in [0.25, 0.3) is 0 Å². The van der Waals surface area contributed by atoms with E-state index in [9.17, 15) is 14.4 Å². The molecule has 1 aromatic heterocycles. The van der Waals surface area contributed by atoms with Crippen LogP contribution in [-0.4, -0.2) is 60.2 Å². The number of carbonyl (C=O) groups is 3. The first-order valence-electron chi connectivity index (χ1n) is 7.53. The highest BCUT2D eigenvalue weighted by atomic mass is 16.3. The van der Waals surface area contributed by atoms with Gasteiger partial charge >= 0.3 is 0 Å². The lowest BCUT2D eigenvalue weighted by Crippen LogP contribution is -2.52. The monoisotopic (exact) mass is 305 g/mol. The molecule has 1 saturated heterocycles. The summed E-state index contributed by atoms with van der Waals surface area (Å²) in [7, 11) is 0. The Labute approximate surface area is 128 Å². The average Bonchev–Trinajstić information content (AvgIpc) is 3.26. The van der Waals surface area contributed by atoms with Gasteiger partial charge in [0, 0.05) is 32.1 Å². The minimum atomic E-state index is -0.154. The Balaban J connectivity index is 1.43. The van der Waals surface area contributed by atoms with Gasteiger partial charge in [0.15, 0.2) is 5.76 Å². The molecule has 0 unspecified atom stereocenters. The second kappa shape index (κ2) is 6.21. The third-order valence-electron chi connectivity index (χ3n) is 4.01. The lowest BCUT2D eigenvalue weighted by molar-refractivity contribution is -0.134. The van der Waals surface area contributed by atoms with Crippen molar-refractivity contribution in [1.29, 1.82) is 0 Å². The van der Waals surface area contributed by atoms with E-state index >= 15 is 0 Å². The molecule has 1 aromatic rings. The summed E-state index contributed by atoms with van der Waals surface area (Å²) in [4.78, 5) is 39.0. The Hall–Kier alpha value is -2.31. The standard InChI is InChI=1S/C15H19N3O4/c19-13(10-16-14(20)11-3-4-11)17-5-7-18(8-6-17)15(21)12-2-1-9-22-12/h1-2,9,11H,3-8,10H2,(H,16,20). The molecule has 118 valence electrons. The molecular weight excluding hydrogens is 286 g/mol. The molecule has 0 aromatic carbocycles. The van der Waals surface area contributed by atoms with Crippen molar-refractivity contribution in [3.8, 4) is 0 Å². The first-order valence-corrected chi connectivity index (χ1v) is 7.53. The number of rotatable bonds is 4. The van der Waals surface area contributed by atoms with Crippen LogP contribution in [0.5, 0.6) is 0 Å². The van der Waals surface area contributed by atoms with Crippen molar-refractivity contribution >= 4 is 17.7 Å². The third kappa shape index (κ3) is 3.29. The lowest BCUT2D eigenvalue weighted by atomic mass is 10.2. The molecule has 7 nitrogen and oxygen atoms in total. The van der Waals surface area contributed by atoms with E-state index in [1.165, 1.54) is 6.26 Å². The number of hydrogen-bond donors (Lipinski definition) is 1. The Bertz CT molecular complexity index is 557.